The van der Waals surface area contributed by atoms with Gasteiger partial charge in [-0.1, -0.05) is 30.3 Å². The highest BCUT2D eigenvalue weighted by Crippen LogP contribution is 2.33. The molecule has 1 aromatic carbocycles. The van der Waals surface area contributed by atoms with Crippen LogP contribution in [0.2, 0.25) is 0 Å². The Morgan fingerprint density at radius 2 is 1.73 bits per heavy atom. The molecular weight excluding hydrogens is 361 g/mol. The predicted molar refractivity (Wildman–Crippen MR) is 79.6 cm³/mol. The van der Waals surface area contributed by atoms with Gasteiger partial charge in [0.2, 0.25) is 0 Å². The summed E-state index contributed by atoms with van der Waals surface area (Å²) in [5, 5.41) is 0. The lowest BCUT2D eigenvalue weighted by molar-refractivity contribution is -0.138. The minimum atomic E-state index is -4.79. The quantitative estimate of drug-likeness (QED) is 0.646. The van der Waals surface area contributed by atoms with Gasteiger partial charge in [-0.3, -0.25) is 9.20 Å². The zero-order valence-corrected chi connectivity index (χ0v) is 12.5. The molecule has 2 heterocycles. The summed E-state index contributed by atoms with van der Waals surface area (Å²) in [7, 11) is 0. The zero-order chi connectivity index (χ0) is 15.9. The third kappa shape index (κ3) is 2.52. The number of nitrogens with zero attached hydrogens (tertiary/aromatic N) is 2. The van der Waals surface area contributed by atoms with Gasteiger partial charge in [0.25, 0.3) is 5.56 Å². The van der Waals surface area contributed by atoms with E-state index in [-0.39, 0.29) is 16.9 Å². The highest BCUT2D eigenvalue weighted by Gasteiger charge is 2.38. The molecule has 0 N–H and O–H groups in total. The second kappa shape index (κ2) is 5.24. The van der Waals surface area contributed by atoms with Gasteiger partial charge >= 0.3 is 6.18 Å². The molecule has 0 radical (unpaired) electrons. The first kappa shape index (κ1) is 14.8. The highest BCUT2D eigenvalue weighted by atomic mass is 79.9. The largest absolute Gasteiger partial charge is 0.423 e. The average Bonchev–Trinajstić information content (AvgIpc) is 2.47. The Balaban J connectivity index is 2.46. The van der Waals surface area contributed by atoms with Crippen LogP contribution >= 0.6 is 15.9 Å². The molecule has 2 aromatic heterocycles. The minimum Gasteiger partial charge on any atom is -0.268 e. The normalized spacial score (nSPS) is 11.8. The maximum Gasteiger partial charge on any atom is 0.423 e. The van der Waals surface area contributed by atoms with E-state index in [0.29, 0.717) is 4.47 Å². The van der Waals surface area contributed by atoms with Crippen LogP contribution in [0.25, 0.3) is 16.9 Å². The minimum absolute atomic E-state index is 0.153. The maximum absolute atomic E-state index is 13.4. The number of fused-ring (bicyclic) bond motifs is 1. The Bertz CT molecular complexity index is 904. The number of halogens is 4. The Labute approximate surface area is 131 Å². The molecule has 0 aliphatic carbocycles. The van der Waals surface area contributed by atoms with Crippen molar-refractivity contribution in [2.75, 3.05) is 0 Å². The van der Waals surface area contributed by atoms with Crippen LogP contribution in [-0.2, 0) is 6.18 Å². The summed E-state index contributed by atoms with van der Waals surface area (Å²) in [6, 6.07) is 11.0. The van der Waals surface area contributed by atoms with Gasteiger partial charge in [-0.2, -0.15) is 13.2 Å². The van der Waals surface area contributed by atoms with Crippen LogP contribution in [0.3, 0.4) is 0 Å². The van der Waals surface area contributed by atoms with E-state index in [1.54, 1.807) is 24.3 Å². The van der Waals surface area contributed by atoms with E-state index in [2.05, 4.69) is 20.9 Å². The fraction of sp³-hybridized carbons (Fsp3) is 0.0667. The monoisotopic (exact) mass is 368 g/mol. The van der Waals surface area contributed by atoms with Crippen LogP contribution in [0, 0.1) is 0 Å². The molecular formula is C15H8BrF3N2O. The van der Waals surface area contributed by atoms with E-state index in [0.717, 1.165) is 4.40 Å². The zero-order valence-electron chi connectivity index (χ0n) is 10.9. The molecule has 0 unspecified atom stereocenters. The number of hydrogen-bond acceptors (Lipinski definition) is 2. The number of pyridine rings is 1. The molecule has 7 heteroatoms. The summed E-state index contributed by atoms with van der Waals surface area (Å²) >= 11 is 3.14. The van der Waals surface area contributed by atoms with Gasteiger partial charge in [0, 0.05) is 16.2 Å². The number of benzene rings is 1. The fourth-order valence-electron chi connectivity index (χ4n) is 2.17. The summed E-state index contributed by atoms with van der Waals surface area (Å²) in [5.74, 6) is 0. The SMILES string of the molecule is O=c1c(C(F)(F)F)c(-c2ccccc2)nc2ccc(Br)cn12. The lowest BCUT2D eigenvalue weighted by atomic mass is 10.1. The van der Waals surface area contributed by atoms with Crippen LogP contribution in [-0.4, -0.2) is 9.38 Å². The Morgan fingerprint density at radius 3 is 2.36 bits per heavy atom. The molecule has 0 aliphatic rings. The van der Waals surface area contributed by atoms with Crippen molar-refractivity contribution < 1.29 is 13.2 Å². The number of alkyl halides is 3. The van der Waals surface area contributed by atoms with Gasteiger partial charge < -0.3 is 0 Å². The van der Waals surface area contributed by atoms with Crippen molar-refractivity contribution in [3.8, 4) is 11.3 Å². The number of hydrogen-bond donors (Lipinski definition) is 0. The Morgan fingerprint density at radius 1 is 1.05 bits per heavy atom. The van der Waals surface area contributed by atoms with Crippen molar-refractivity contribution in [3.63, 3.8) is 0 Å². The molecule has 3 rings (SSSR count). The molecule has 22 heavy (non-hydrogen) atoms. The van der Waals surface area contributed by atoms with E-state index < -0.39 is 17.3 Å². The third-order valence-corrected chi connectivity index (χ3v) is 3.59. The van der Waals surface area contributed by atoms with Crippen molar-refractivity contribution in [1.29, 1.82) is 0 Å². The van der Waals surface area contributed by atoms with E-state index >= 15 is 0 Å². The van der Waals surface area contributed by atoms with Crippen LogP contribution < -0.4 is 5.56 Å². The Hall–Kier alpha value is -2.15. The topological polar surface area (TPSA) is 34.4 Å². The second-order valence-electron chi connectivity index (χ2n) is 4.58. The number of rotatable bonds is 1. The predicted octanol–water partition coefficient (Wildman–Crippen LogP) is 4.14. The van der Waals surface area contributed by atoms with Gasteiger partial charge in [0.05, 0.1) is 5.69 Å². The lowest BCUT2D eigenvalue weighted by Crippen LogP contribution is -2.27. The molecule has 0 spiro atoms. The number of aromatic nitrogens is 2. The fourth-order valence-corrected chi connectivity index (χ4v) is 2.51. The average molecular weight is 369 g/mol. The van der Waals surface area contributed by atoms with E-state index in [9.17, 15) is 18.0 Å². The molecule has 3 aromatic rings. The van der Waals surface area contributed by atoms with Crippen LogP contribution in [0.5, 0.6) is 0 Å². The molecule has 0 fully saturated rings. The smallest absolute Gasteiger partial charge is 0.268 e. The summed E-state index contributed by atoms with van der Waals surface area (Å²) in [6.45, 7) is 0. The molecule has 0 saturated heterocycles. The van der Waals surface area contributed by atoms with Crippen molar-refractivity contribution in [1.82, 2.24) is 9.38 Å². The first-order valence-corrected chi connectivity index (χ1v) is 7.02. The highest BCUT2D eigenvalue weighted by molar-refractivity contribution is 9.10. The maximum atomic E-state index is 13.4. The first-order chi connectivity index (χ1) is 10.4. The second-order valence-corrected chi connectivity index (χ2v) is 5.50. The van der Waals surface area contributed by atoms with Crippen LogP contribution in [0.15, 0.2) is 57.9 Å². The van der Waals surface area contributed by atoms with Gasteiger partial charge in [0.15, 0.2) is 0 Å². The molecule has 3 nitrogen and oxygen atoms in total. The summed E-state index contributed by atoms with van der Waals surface area (Å²) < 4.78 is 41.5. The van der Waals surface area contributed by atoms with Crippen LogP contribution in [0.4, 0.5) is 13.2 Å². The standard InChI is InChI=1S/C15H8BrF3N2O/c16-10-6-7-11-20-13(9-4-2-1-3-5-9)12(15(17,18)19)14(22)21(11)8-10/h1-8H. The summed E-state index contributed by atoms with van der Waals surface area (Å²) in [4.78, 5) is 16.3. The first-order valence-electron chi connectivity index (χ1n) is 6.22. The molecule has 0 saturated carbocycles. The molecule has 0 aliphatic heterocycles. The van der Waals surface area contributed by atoms with Gasteiger partial charge in [-0.15, -0.1) is 0 Å². The van der Waals surface area contributed by atoms with Crippen molar-refractivity contribution >= 4 is 21.6 Å². The van der Waals surface area contributed by atoms with Crippen molar-refractivity contribution in [3.05, 3.63) is 69.1 Å². The van der Waals surface area contributed by atoms with E-state index in [1.807, 2.05) is 0 Å². The van der Waals surface area contributed by atoms with Crippen LogP contribution in [0.1, 0.15) is 5.56 Å². The van der Waals surface area contributed by atoms with Gasteiger partial charge in [-0.25, -0.2) is 4.98 Å². The van der Waals surface area contributed by atoms with E-state index in [4.69, 9.17) is 0 Å². The third-order valence-electron chi connectivity index (χ3n) is 3.12. The van der Waals surface area contributed by atoms with Crippen molar-refractivity contribution in [2.24, 2.45) is 0 Å². The van der Waals surface area contributed by atoms with E-state index in [1.165, 1.54) is 24.4 Å². The Kier molecular flexibility index (Phi) is 3.52. The summed E-state index contributed by atoms with van der Waals surface area (Å²) in [6.07, 6.45) is -3.52. The lowest BCUT2D eigenvalue weighted by Gasteiger charge is -2.13. The molecule has 112 valence electrons. The summed E-state index contributed by atoms with van der Waals surface area (Å²) in [5.41, 5.74) is -2.37. The van der Waals surface area contributed by atoms with Crippen molar-refractivity contribution in [2.45, 2.75) is 6.18 Å². The molecule has 0 bridgehead atoms. The van der Waals surface area contributed by atoms with Gasteiger partial charge in [-0.05, 0) is 28.1 Å². The molecule has 0 amide bonds. The van der Waals surface area contributed by atoms with Gasteiger partial charge in [0.1, 0.15) is 11.2 Å². The molecule has 0 atom stereocenters.